The molecule has 112 valence electrons. The van der Waals surface area contributed by atoms with E-state index < -0.39 is 5.97 Å². The first kappa shape index (κ1) is 14.5. The van der Waals surface area contributed by atoms with Gasteiger partial charge < -0.3 is 9.47 Å². The molecule has 0 aromatic heterocycles. The number of benzene rings is 2. The molecule has 2 aromatic rings. The van der Waals surface area contributed by atoms with Gasteiger partial charge in [0.1, 0.15) is 5.75 Å². The Morgan fingerprint density at radius 3 is 2.70 bits per heavy atom. The Labute approximate surface area is 133 Å². The van der Waals surface area contributed by atoms with Crippen LogP contribution in [-0.4, -0.2) is 19.0 Å². The average molecular weight is 304 g/mol. The molecule has 0 bridgehead atoms. The molecule has 0 aliphatic carbocycles. The lowest BCUT2D eigenvalue weighted by atomic mass is 10.1. The summed E-state index contributed by atoms with van der Waals surface area (Å²) >= 11 is 0. The molecule has 0 saturated heterocycles. The topological polar surface area (TPSA) is 71.7 Å². The first-order valence-electron chi connectivity index (χ1n) is 6.87. The lowest BCUT2D eigenvalue weighted by Crippen LogP contribution is -2.05. The van der Waals surface area contributed by atoms with Crippen LogP contribution in [0.25, 0.3) is 6.08 Å². The number of nitriles is 1. The Morgan fingerprint density at radius 2 is 2.00 bits per heavy atom. The molecule has 0 saturated carbocycles. The van der Waals surface area contributed by atoms with Crippen molar-refractivity contribution in [3.8, 4) is 11.8 Å². The third kappa shape index (κ3) is 3.11. The number of cyclic esters (lactones) is 1. The van der Waals surface area contributed by atoms with Crippen LogP contribution in [0.15, 0.2) is 59.2 Å². The summed E-state index contributed by atoms with van der Waals surface area (Å²) in [6, 6.07) is 16.0. The number of hydrogen-bond donors (Lipinski definition) is 0. The van der Waals surface area contributed by atoms with Gasteiger partial charge in [-0.05, 0) is 42.0 Å². The van der Waals surface area contributed by atoms with Crippen molar-refractivity contribution in [2.45, 2.75) is 0 Å². The number of hydrogen-bond acceptors (Lipinski definition) is 5. The van der Waals surface area contributed by atoms with Gasteiger partial charge in [0, 0.05) is 5.56 Å². The summed E-state index contributed by atoms with van der Waals surface area (Å²) in [6.45, 7) is 0. The van der Waals surface area contributed by atoms with Gasteiger partial charge in [0.25, 0.3) is 0 Å². The minimum atomic E-state index is -0.507. The zero-order chi connectivity index (χ0) is 16.2. The SMILES string of the molecule is COc1cccc(C2=NC(=Cc3ccc(C#N)cc3)C(=O)O2)c1. The highest BCUT2D eigenvalue weighted by atomic mass is 16.6. The zero-order valence-electron chi connectivity index (χ0n) is 12.3. The van der Waals surface area contributed by atoms with Crippen molar-refractivity contribution in [3.63, 3.8) is 0 Å². The molecule has 0 amide bonds. The second-order valence-electron chi connectivity index (χ2n) is 4.80. The summed E-state index contributed by atoms with van der Waals surface area (Å²) in [6.07, 6.45) is 1.62. The van der Waals surface area contributed by atoms with Crippen molar-refractivity contribution in [2.24, 2.45) is 4.99 Å². The highest BCUT2D eigenvalue weighted by Gasteiger charge is 2.24. The van der Waals surface area contributed by atoms with Gasteiger partial charge in [-0.2, -0.15) is 5.26 Å². The summed E-state index contributed by atoms with van der Waals surface area (Å²) in [4.78, 5) is 16.2. The third-order valence-corrected chi connectivity index (χ3v) is 3.28. The third-order valence-electron chi connectivity index (χ3n) is 3.28. The van der Waals surface area contributed by atoms with Gasteiger partial charge in [-0.3, -0.25) is 0 Å². The van der Waals surface area contributed by atoms with Gasteiger partial charge in [0.2, 0.25) is 5.90 Å². The zero-order valence-corrected chi connectivity index (χ0v) is 12.3. The molecule has 1 heterocycles. The largest absolute Gasteiger partial charge is 0.497 e. The van der Waals surface area contributed by atoms with E-state index in [4.69, 9.17) is 14.7 Å². The Kier molecular flexibility index (Phi) is 3.89. The van der Waals surface area contributed by atoms with Gasteiger partial charge >= 0.3 is 5.97 Å². The molecule has 1 aliphatic heterocycles. The fraction of sp³-hybridized carbons (Fsp3) is 0.0556. The number of methoxy groups -OCH3 is 1. The molecule has 0 atom stereocenters. The monoisotopic (exact) mass is 304 g/mol. The predicted molar refractivity (Wildman–Crippen MR) is 84.8 cm³/mol. The predicted octanol–water partition coefficient (Wildman–Crippen LogP) is 2.91. The minimum Gasteiger partial charge on any atom is -0.497 e. The number of nitrogens with zero attached hydrogens (tertiary/aromatic N) is 2. The van der Waals surface area contributed by atoms with E-state index in [0.717, 1.165) is 5.56 Å². The van der Waals surface area contributed by atoms with Crippen molar-refractivity contribution in [1.82, 2.24) is 0 Å². The Morgan fingerprint density at radius 1 is 1.22 bits per heavy atom. The quantitative estimate of drug-likeness (QED) is 0.645. The fourth-order valence-electron chi connectivity index (χ4n) is 2.10. The maximum atomic E-state index is 12.0. The van der Waals surface area contributed by atoms with Crippen LogP contribution in [0.3, 0.4) is 0 Å². The van der Waals surface area contributed by atoms with E-state index in [0.29, 0.717) is 16.9 Å². The van der Waals surface area contributed by atoms with Crippen LogP contribution < -0.4 is 4.74 Å². The molecule has 0 fully saturated rings. The van der Waals surface area contributed by atoms with E-state index in [9.17, 15) is 4.79 Å². The lowest BCUT2D eigenvalue weighted by molar-refractivity contribution is -0.129. The molecule has 3 rings (SSSR count). The fourth-order valence-corrected chi connectivity index (χ4v) is 2.10. The van der Waals surface area contributed by atoms with E-state index >= 15 is 0 Å². The van der Waals surface area contributed by atoms with Crippen molar-refractivity contribution in [3.05, 3.63) is 70.9 Å². The van der Waals surface area contributed by atoms with Crippen LogP contribution in [0.1, 0.15) is 16.7 Å². The first-order valence-corrected chi connectivity index (χ1v) is 6.87. The molecule has 0 spiro atoms. The molecular formula is C18H12N2O3. The number of esters is 1. The number of rotatable bonds is 3. The number of ether oxygens (including phenoxy) is 2. The van der Waals surface area contributed by atoms with E-state index in [1.807, 2.05) is 6.07 Å². The molecule has 5 nitrogen and oxygen atoms in total. The Bertz CT molecular complexity index is 859. The summed E-state index contributed by atoms with van der Waals surface area (Å²) in [7, 11) is 1.57. The lowest BCUT2D eigenvalue weighted by Gasteiger charge is -2.02. The van der Waals surface area contributed by atoms with E-state index in [1.54, 1.807) is 61.7 Å². The van der Waals surface area contributed by atoms with E-state index in [2.05, 4.69) is 4.99 Å². The molecule has 0 N–H and O–H groups in total. The van der Waals surface area contributed by atoms with Gasteiger partial charge in [-0.1, -0.05) is 18.2 Å². The van der Waals surface area contributed by atoms with Gasteiger partial charge in [0.15, 0.2) is 5.70 Å². The Hall–Kier alpha value is -3.39. The van der Waals surface area contributed by atoms with Crippen LogP contribution >= 0.6 is 0 Å². The van der Waals surface area contributed by atoms with Gasteiger partial charge in [0.05, 0.1) is 18.7 Å². The molecular weight excluding hydrogens is 292 g/mol. The first-order chi connectivity index (χ1) is 11.2. The van der Waals surface area contributed by atoms with Crippen LogP contribution in [0, 0.1) is 11.3 Å². The van der Waals surface area contributed by atoms with Crippen LogP contribution in [0.2, 0.25) is 0 Å². The van der Waals surface area contributed by atoms with Crippen molar-refractivity contribution in [2.75, 3.05) is 7.11 Å². The van der Waals surface area contributed by atoms with E-state index in [-0.39, 0.29) is 11.6 Å². The minimum absolute atomic E-state index is 0.215. The molecule has 1 aliphatic rings. The molecule has 2 aromatic carbocycles. The van der Waals surface area contributed by atoms with Crippen LogP contribution in [0.5, 0.6) is 5.75 Å². The Balaban J connectivity index is 1.91. The second-order valence-corrected chi connectivity index (χ2v) is 4.80. The van der Waals surface area contributed by atoms with Gasteiger partial charge in [-0.15, -0.1) is 0 Å². The molecule has 23 heavy (non-hydrogen) atoms. The summed E-state index contributed by atoms with van der Waals surface area (Å²) < 4.78 is 10.4. The highest BCUT2D eigenvalue weighted by Crippen LogP contribution is 2.21. The number of carbonyl (C=O) groups excluding carboxylic acids is 1. The van der Waals surface area contributed by atoms with E-state index in [1.165, 1.54) is 0 Å². The van der Waals surface area contributed by atoms with Crippen molar-refractivity contribution < 1.29 is 14.3 Å². The van der Waals surface area contributed by atoms with Crippen molar-refractivity contribution >= 4 is 17.9 Å². The molecule has 0 radical (unpaired) electrons. The highest BCUT2D eigenvalue weighted by molar-refractivity contribution is 6.12. The van der Waals surface area contributed by atoms with Crippen LogP contribution in [-0.2, 0) is 9.53 Å². The number of carbonyl (C=O) groups is 1. The van der Waals surface area contributed by atoms with Crippen LogP contribution in [0.4, 0.5) is 0 Å². The standard InChI is InChI=1S/C18H12N2O3/c1-22-15-4-2-3-14(10-15)17-20-16(18(21)23-17)9-12-5-7-13(11-19)8-6-12/h2-10H,1H3. The average Bonchev–Trinajstić information content (AvgIpc) is 2.96. The van der Waals surface area contributed by atoms with Crippen molar-refractivity contribution in [1.29, 1.82) is 5.26 Å². The second kappa shape index (κ2) is 6.16. The normalized spacial score (nSPS) is 15.0. The summed E-state index contributed by atoms with van der Waals surface area (Å²) in [5, 5.41) is 8.79. The summed E-state index contributed by atoms with van der Waals surface area (Å²) in [5.41, 5.74) is 2.21. The maximum absolute atomic E-state index is 12.0. The molecule has 0 unspecified atom stereocenters. The number of aliphatic imine (C=N–C) groups is 1. The maximum Gasteiger partial charge on any atom is 0.363 e. The molecule has 5 heteroatoms. The van der Waals surface area contributed by atoms with Gasteiger partial charge in [-0.25, -0.2) is 9.79 Å². The summed E-state index contributed by atoms with van der Waals surface area (Å²) in [5.74, 6) is 0.395. The smallest absolute Gasteiger partial charge is 0.363 e.